The van der Waals surface area contributed by atoms with Gasteiger partial charge in [-0.1, -0.05) is 65.4 Å². The summed E-state index contributed by atoms with van der Waals surface area (Å²) >= 11 is 0. The fourth-order valence-electron chi connectivity index (χ4n) is 3.86. The van der Waals surface area contributed by atoms with E-state index in [9.17, 15) is 4.79 Å². The van der Waals surface area contributed by atoms with E-state index in [0.29, 0.717) is 54.1 Å². The van der Waals surface area contributed by atoms with Gasteiger partial charge in [0, 0.05) is 12.1 Å². The van der Waals surface area contributed by atoms with Gasteiger partial charge in [-0.05, 0) is 40.0 Å². The molecule has 0 bridgehead atoms. The summed E-state index contributed by atoms with van der Waals surface area (Å²) in [5, 5.41) is 0.756. The molecule has 2 rings (SSSR count). The zero-order chi connectivity index (χ0) is 26.9. The second-order valence-corrected chi connectivity index (χ2v) is 10.2. The van der Waals surface area contributed by atoms with Crippen molar-refractivity contribution in [3.05, 3.63) is 35.9 Å². The molecule has 0 aliphatic rings. The third kappa shape index (κ3) is 11.1. The van der Waals surface area contributed by atoms with E-state index < -0.39 is 0 Å². The second kappa shape index (κ2) is 20.1. The smallest absolute Gasteiger partial charge is 1.00 e. The van der Waals surface area contributed by atoms with Crippen molar-refractivity contribution >= 4 is 19.4 Å². The number of carbonyl (C=O) groups is 1. The van der Waals surface area contributed by atoms with E-state index in [-0.39, 0.29) is 34.4 Å². The van der Waals surface area contributed by atoms with Gasteiger partial charge in [-0.3, -0.25) is 4.79 Å². The quantitative estimate of drug-likeness (QED) is 0.138. The molecule has 0 aliphatic heterocycles. The first-order valence-corrected chi connectivity index (χ1v) is 14.7. The Morgan fingerprint density at radius 3 is 1.58 bits per heavy atom. The summed E-state index contributed by atoms with van der Waals surface area (Å²) in [6, 6.07) is 9.18. The number of carbonyl (C=O) groups excluding carboxylic acids is 1. The van der Waals surface area contributed by atoms with Crippen LogP contribution < -0.4 is 47.8 Å². The van der Waals surface area contributed by atoms with Gasteiger partial charge in [0.05, 0.1) is 39.3 Å². The topological polar surface area (TPSA) is 63.2 Å². The summed E-state index contributed by atoms with van der Waals surface area (Å²) in [6.07, 6.45) is 9.53. The van der Waals surface area contributed by atoms with Crippen molar-refractivity contribution in [3.8, 4) is 28.7 Å². The van der Waals surface area contributed by atoms with Crippen LogP contribution in [0, 0.1) is 0 Å². The van der Waals surface area contributed by atoms with E-state index in [0.717, 1.165) is 63.1 Å². The summed E-state index contributed by atoms with van der Waals surface area (Å²) in [7, 11) is 2.89. The van der Waals surface area contributed by atoms with Crippen molar-refractivity contribution in [3.63, 3.8) is 0 Å². The van der Waals surface area contributed by atoms with Crippen molar-refractivity contribution < 1.29 is 48.8 Å². The third-order valence-corrected chi connectivity index (χ3v) is 7.18. The molecule has 0 fully saturated rings. The molecular formula is C30H46LiO6P. The molecule has 0 spiro atoms. The van der Waals surface area contributed by atoms with Crippen LogP contribution in [0.1, 0.15) is 90.3 Å². The van der Waals surface area contributed by atoms with Gasteiger partial charge in [0.2, 0.25) is 0 Å². The Labute approximate surface area is 244 Å². The number of unbranched alkanes of at least 4 members (excludes halogenated alkanes) is 6. The molecule has 208 valence electrons. The molecule has 1 unspecified atom stereocenters. The molecule has 0 amide bonds. The molecule has 0 radical (unpaired) electrons. The summed E-state index contributed by atoms with van der Waals surface area (Å²) in [5.41, 5.74) is 0.335. The third-order valence-electron chi connectivity index (χ3n) is 5.96. The number of methoxy groups -OCH3 is 2. The molecule has 38 heavy (non-hydrogen) atoms. The van der Waals surface area contributed by atoms with E-state index in [1.54, 1.807) is 26.4 Å². The van der Waals surface area contributed by atoms with E-state index >= 15 is 0 Å². The van der Waals surface area contributed by atoms with Gasteiger partial charge in [0.25, 0.3) is 0 Å². The maximum atomic E-state index is 13.7. The van der Waals surface area contributed by atoms with Crippen LogP contribution in [-0.4, -0.2) is 39.6 Å². The van der Waals surface area contributed by atoms with Crippen LogP contribution >= 0.6 is 8.58 Å². The Bertz CT molecular complexity index is 904. The van der Waals surface area contributed by atoms with Crippen LogP contribution in [0.25, 0.3) is 0 Å². The molecule has 6 nitrogen and oxygen atoms in total. The average molecular weight is 541 g/mol. The van der Waals surface area contributed by atoms with Crippen LogP contribution in [0.5, 0.6) is 28.7 Å². The van der Waals surface area contributed by atoms with Crippen molar-refractivity contribution in [1.82, 2.24) is 0 Å². The minimum absolute atomic E-state index is 0. The van der Waals surface area contributed by atoms with Gasteiger partial charge >= 0.3 is 18.9 Å². The van der Waals surface area contributed by atoms with E-state index in [2.05, 4.69) is 20.8 Å². The van der Waals surface area contributed by atoms with Crippen LogP contribution in [-0.2, 0) is 0 Å². The number of hydrogen-bond acceptors (Lipinski definition) is 6. The van der Waals surface area contributed by atoms with Crippen molar-refractivity contribution in [2.45, 2.75) is 78.6 Å². The van der Waals surface area contributed by atoms with E-state index in [1.165, 1.54) is 0 Å². The van der Waals surface area contributed by atoms with Gasteiger partial charge in [-0.15, -0.1) is 0 Å². The molecule has 0 saturated carbocycles. The number of rotatable bonds is 20. The molecule has 0 aromatic heterocycles. The van der Waals surface area contributed by atoms with Crippen LogP contribution in [0.15, 0.2) is 30.3 Å². The number of hydrogen-bond donors (Lipinski definition) is 0. The number of ether oxygens (including phenoxy) is 5. The normalized spacial score (nSPS) is 10.8. The molecule has 1 atom stereocenters. The van der Waals surface area contributed by atoms with Crippen molar-refractivity contribution in [2.75, 3.05) is 34.0 Å². The molecule has 0 aliphatic carbocycles. The summed E-state index contributed by atoms with van der Waals surface area (Å²) in [5.74, 6) is 2.99. The van der Waals surface area contributed by atoms with Gasteiger partial charge in [-0.25, -0.2) is 0 Å². The Morgan fingerprint density at radius 1 is 0.711 bits per heavy atom. The molecule has 0 heterocycles. The zero-order valence-corrected chi connectivity index (χ0v) is 25.3. The standard InChI is InChI=1S/C30H45O6P.Li.H/c1-6-9-12-18-34-23-21-26(35-19-13-10-7-2)29(27(22-23)36-20-14-11-8-3)37-30(31)28-24(32-4)16-15-17-25(28)33-5;;/h15-17,21-22,37H,6-14,18-20H2,1-5H3;;/q;+1;-1. The Balaban J connectivity index is 0.00000722. The maximum Gasteiger partial charge on any atom is 1.00 e. The zero-order valence-electron chi connectivity index (χ0n) is 25.3. The van der Waals surface area contributed by atoms with Crippen LogP contribution in [0.4, 0.5) is 0 Å². The molecule has 0 N–H and O–H groups in total. The fourth-order valence-corrected chi connectivity index (χ4v) is 5.00. The minimum Gasteiger partial charge on any atom is -1.00 e. The predicted octanol–water partition coefficient (Wildman–Crippen LogP) is 4.67. The SMILES string of the molecule is CCCCCOc1cc(OCCCCC)c(PC(=O)c2c(OC)cccc2OC)c(OCCCCC)c1.[H-].[Li+]. The Kier molecular flexibility index (Phi) is 18.1. The number of benzene rings is 2. The first kappa shape index (κ1) is 34.2. The summed E-state index contributed by atoms with van der Waals surface area (Å²) in [4.78, 5) is 13.7. The molecule has 0 saturated heterocycles. The van der Waals surface area contributed by atoms with E-state index in [4.69, 9.17) is 23.7 Å². The van der Waals surface area contributed by atoms with E-state index in [1.807, 2.05) is 18.2 Å². The van der Waals surface area contributed by atoms with Gasteiger partial charge in [0.15, 0.2) is 5.52 Å². The summed E-state index contributed by atoms with van der Waals surface area (Å²) in [6.45, 7) is 8.29. The first-order chi connectivity index (χ1) is 18.1. The van der Waals surface area contributed by atoms with Crippen molar-refractivity contribution in [2.24, 2.45) is 0 Å². The van der Waals surface area contributed by atoms with Gasteiger partial charge in [0.1, 0.15) is 34.3 Å². The largest absolute Gasteiger partial charge is 1.00 e. The van der Waals surface area contributed by atoms with Gasteiger partial charge in [-0.2, -0.15) is 0 Å². The van der Waals surface area contributed by atoms with Gasteiger partial charge < -0.3 is 25.1 Å². The first-order valence-electron chi connectivity index (χ1n) is 13.7. The molecule has 2 aromatic rings. The molecule has 2 aromatic carbocycles. The predicted molar refractivity (Wildman–Crippen MR) is 154 cm³/mol. The summed E-state index contributed by atoms with van der Waals surface area (Å²) < 4.78 is 29.6. The second-order valence-electron chi connectivity index (χ2n) is 8.95. The minimum atomic E-state index is -0.229. The fraction of sp³-hybridized carbons (Fsp3) is 0.567. The van der Waals surface area contributed by atoms with Crippen LogP contribution in [0.3, 0.4) is 0 Å². The Hall–Kier alpha value is -1.86. The van der Waals surface area contributed by atoms with Crippen molar-refractivity contribution in [1.29, 1.82) is 0 Å². The Morgan fingerprint density at radius 2 is 1.16 bits per heavy atom. The molecular weight excluding hydrogens is 494 g/mol. The van der Waals surface area contributed by atoms with Crippen LogP contribution in [0.2, 0.25) is 0 Å². The molecule has 8 heteroatoms. The monoisotopic (exact) mass is 540 g/mol. The maximum absolute atomic E-state index is 13.7. The average Bonchev–Trinajstić information content (AvgIpc) is 2.92.